The Morgan fingerprint density at radius 1 is 1.10 bits per heavy atom. The Hall–Kier alpha value is -3.81. The van der Waals surface area contributed by atoms with Crippen LogP contribution in [0.4, 0.5) is 11.6 Å². The first-order chi connectivity index (χ1) is 14.2. The highest BCUT2D eigenvalue weighted by Gasteiger charge is 2.15. The summed E-state index contributed by atoms with van der Waals surface area (Å²) in [4.78, 5) is 20.8. The summed E-state index contributed by atoms with van der Waals surface area (Å²) in [5.74, 6) is 0.264. The number of aromatic nitrogens is 5. The molecule has 8 heteroatoms. The van der Waals surface area contributed by atoms with Crippen LogP contribution in [-0.2, 0) is 12.8 Å². The summed E-state index contributed by atoms with van der Waals surface area (Å²) in [6.07, 6.45) is 5.07. The lowest BCUT2D eigenvalue weighted by Crippen LogP contribution is -2.17. The molecule has 2 N–H and O–H groups in total. The van der Waals surface area contributed by atoms with Gasteiger partial charge in [-0.25, -0.2) is 4.98 Å². The van der Waals surface area contributed by atoms with E-state index in [2.05, 4.69) is 49.1 Å². The van der Waals surface area contributed by atoms with Gasteiger partial charge >= 0.3 is 0 Å². The van der Waals surface area contributed by atoms with Gasteiger partial charge in [0.25, 0.3) is 5.91 Å². The van der Waals surface area contributed by atoms with Crippen LogP contribution in [0.3, 0.4) is 0 Å². The van der Waals surface area contributed by atoms with Crippen molar-refractivity contribution in [3.05, 3.63) is 65.4 Å². The molecule has 2 aromatic carbocycles. The number of nitrogens with zero attached hydrogens (tertiary/aromatic N) is 5. The standard InChI is InChI=1S/C21H19N7O/c1-22-20(29)15-6-3-7-16(10-15)24-21-23-12-18-19(25-21)28(27-26-18)17-9-8-13-4-2-5-14(13)11-17/h3,6-12H,2,4-5H2,1H3,(H,22,29)(H,23,24,25). The van der Waals surface area contributed by atoms with Gasteiger partial charge in [0, 0.05) is 18.3 Å². The number of benzene rings is 2. The minimum Gasteiger partial charge on any atom is -0.355 e. The number of nitrogens with one attached hydrogen (secondary N) is 2. The first-order valence-corrected chi connectivity index (χ1v) is 9.51. The zero-order chi connectivity index (χ0) is 19.8. The molecule has 0 unspecified atom stereocenters. The number of rotatable bonds is 4. The average molecular weight is 385 g/mol. The van der Waals surface area contributed by atoms with Crippen LogP contribution in [0, 0.1) is 0 Å². The number of hydrogen-bond acceptors (Lipinski definition) is 6. The summed E-state index contributed by atoms with van der Waals surface area (Å²) in [7, 11) is 1.60. The van der Waals surface area contributed by atoms with Gasteiger partial charge in [-0.2, -0.15) is 9.67 Å². The lowest BCUT2D eigenvalue weighted by atomic mass is 10.1. The number of aryl methyl sites for hydroxylation is 2. The highest BCUT2D eigenvalue weighted by atomic mass is 16.1. The Bertz CT molecular complexity index is 1230. The molecule has 144 valence electrons. The van der Waals surface area contributed by atoms with Crippen molar-refractivity contribution in [2.45, 2.75) is 19.3 Å². The third kappa shape index (κ3) is 3.18. The molecular formula is C21H19N7O. The molecule has 0 saturated heterocycles. The normalized spacial score (nSPS) is 12.7. The minimum absolute atomic E-state index is 0.149. The highest BCUT2D eigenvalue weighted by Crippen LogP contribution is 2.25. The maximum Gasteiger partial charge on any atom is 0.251 e. The Morgan fingerprint density at radius 2 is 2.00 bits per heavy atom. The summed E-state index contributed by atoms with van der Waals surface area (Å²) < 4.78 is 1.74. The molecule has 0 radical (unpaired) electrons. The third-order valence-corrected chi connectivity index (χ3v) is 5.13. The second-order valence-electron chi connectivity index (χ2n) is 7.00. The molecular weight excluding hydrogens is 366 g/mol. The molecule has 1 aliphatic rings. The average Bonchev–Trinajstić information content (AvgIpc) is 3.39. The van der Waals surface area contributed by atoms with Gasteiger partial charge in [-0.1, -0.05) is 17.3 Å². The molecule has 2 heterocycles. The second-order valence-corrected chi connectivity index (χ2v) is 7.00. The van der Waals surface area contributed by atoms with Gasteiger partial charge in [0.1, 0.15) is 0 Å². The lowest BCUT2D eigenvalue weighted by Gasteiger charge is -2.08. The van der Waals surface area contributed by atoms with Crippen molar-refractivity contribution in [1.82, 2.24) is 30.3 Å². The number of fused-ring (bicyclic) bond motifs is 2. The van der Waals surface area contributed by atoms with Crippen molar-refractivity contribution in [2.75, 3.05) is 12.4 Å². The van der Waals surface area contributed by atoms with Crippen LogP contribution in [-0.4, -0.2) is 37.9 Å². The molecule has 29 heavy (non-hydrogen) atoms. The molecule has 4 aromatic rings. The summed E-state index contributed by atoms with van der Waals surface area (Å²) in [5, 5.41) is 14.2. The van der Waals surface area contributed by atoms with Gasteiger partial charge in [0.2, 0.25) is 5.95 Å². The second kappa shape index (κ2) is 6.97. The van der Waals surface area contributed by atoms with Crippen molar-refractivity contribution in [3.63, 3.8) is 0 Å². The molecule has 0 atom stereocenters. The summed E-state index contributed by atoms with van der Waals surface area (Å²) in [5.41, 5.74) is 6.25. The summed E-state index contributed by atoms with van der Waals surface area (Å²) in [6, 6.07) is 13.6. The summed E-state index contributed by atoms with van der Waals surface area (Å²) >= 11 is 0. The summed E-state index contributed by atoms with van der Waals surface area (Å²) in [6.45, 7) is 0. The zero-order valence-corrected chi connectivity index (χ0v) is 15.9. The van der Waals surface area contributed by atoms with Gasteiger partial charge in [0.15, 0.2) is 11.2 Å². The highest BCUT2D eigenvalue weighted by molar-refractivity contribution is 5.95. The molecule has 0 saturated carbocycles. The topological polar surface area (TPSA) is 97.6 Å². The molecule has 1 amide bonds. The fourth-order valence-electron chi connectivity index (χ4n) is 3.66. The maximum atomic E-state index is 11.9. The van der Waals surface area contributed by atoms with Crippen molar-refractivity contribution in [2.24, 2.45) is 0 Å². The van der Waals surface area contributed by atoms with Gasteiger partial charge in [-0.15, -0.1) is 5.10 Å². The van der Waals surface area contributed by atoms with Crippen LogP contribution in [0.5, 0.6) is 0 Å². The van der Waals surface area contributed by atoms with Crippen LogP contribution in [0.2, 0.25) is 0 Å². The fourth-order valence-corrected chi connectivity index (χ4v) is 3.66. The molecule has 0 fully saturated rings. The first-order valence-electron chi connectivity index (χ1n) is 9.51. The van der Waals surface area contributed by atoms with Crippen molar-refractivity contribution >= 4 is 28.7 Å². The van der Waals surface area contributed by atoms with E-state index in [0.29, 0.717) is 22.7 Å². The number of amides is 1. The van der Waals surface area contributed by atoms with E-state index in [1.165, 1.54) is 17.5 Å². The van der Waals surface area contributed by atoms with E-state index >= 15 is 0 Å². The van der Waals surface area contributed by atoms with Gasteiger partial charge in [-0.3, -0.25) is 4.79 Å². The number of carbonyl (C=O) groups excluding carboxylic acids is 1. The third-order valence-electron chi connectivity index (χ3n) is 5.13. The molecule has 8 nitrogen and oxygen atoms in total. The van der Waals surface area contributed by atoms with Crippen molar-refractivity contribution < 1.29 is 4.79 Å². The first kappa shape index (κ1) is 17.3. The molecule has 1 aliphatic carbocycles. The molecule has 2 aromatic heterocycles. The van der Waals surface area contributed by atoms with E-state index < -0.39 is 0 Å². The molecule has 0 spiro atoms. The number of hydrogen-bond donors (Lipinski definition) is 2. The Balaban J connectivity index is 1.49. The van der Waals surface area contributed by atoms with E-state index in [1.807, 2.05) is 12.1 Å². The maximum absolute atomic E-state index is 11.9. The van der Waals surface area contributed by atoms with E-state index in [1.54, 1.807) is 30.1 Å². The number of anilines is 2. The largest absolute Gasteiger partial charge is 0.355 e. The van der Waals surface area contributed by atoms with E-state index in [9.17, 15) is 4.79 Å². The van der Waals surface area contributed by atoms with Gasteiger partial charge < -0.3 is 10.6 Å². The van der Waals surface area contributed by atoms with Gasteiger partial charge in [0.05, 0.1) is 11.9 Å². The van der Waals surface area contributed by atoms with E-state index in [-0.39, 0.29) is 5.91 Å². The van der Waals surface area contributed by atoms with E-state index in [4.69, 9.17) is 0 Å². The Kier molecular flexibility index (Phi) is 4.16. The minimum atomic E-state index is -0.149. The van der Waals surface area contributed by atoms with Gasteiger partial charge in [-0.05, 0) is 60.7 Å². The number of carbonyl (C=O) groups is 1. The predicted octanol–water partition coefficient (Wildman–Crippen LogP) is 2.80. The molecule has 5 rings (SSSR count). The van der Waals surface area contributed by atoms with Crippen molar-refractivity contribution in [3.8, 4) is 5.69 Å². The Morgan fingerprint density at radius 3 is 2.90 bits per heavy atom. The predicted molar refractivity (Wildman–Crippen MR) is 110 cm³/mol. The van der Waals surface area contributed by atoms with Crippen LogP contribution in [0.15, 0.2) is 48.7 Å². The van der Waals surface area contributed by atoms with Crippen LogP contribution < -0.4 is 10.6 Å². The monoisotopic (exact) mass is 385 g/mol. The van der Waals surface area contributed by atoms with Crippen LogP contribution >= 0.6 is 0 Å². The fraction of sp³-hybridized carbons (Fsp3) is 0.190. The zero-order valence-electron chi connectivity index (χ0n) is 15.9. The van der Waals surface area contributed by atoms with Crippen LogP contribution in [0.25, 0.3) is 16.9 Å². The molecule has 0 bridgehead atoms. The SMILES string of the molecule is CNC(=O)c1cccc(Nc2ncc3nnn(-c4ccc5c(c4)CCC5)c3n2)c1. The van der Waals surface area contributed by atoms with E-state index in [0.717, 1.165) is 24.2 Å². The quantitative estimate of drug-likeness (QED) is 0.561. The smallest absolute Gasteiger partial charge is 0.251 e. The lowest BCUT2D eigenvalue weighted by molar-refractivity contribution is 0.0963. The van der Waals surface area contributed by atoms with Crippen LogP contribution in [0.1, 0.15) is 27.9 Å². The Labute approximate surface area is 167 Å². The van der Waals surface area contributed by atoms with Crippen molar-refractivity contribution in [1.29, 1.82) is 0 Å². The molecule has 0 aliphatic heterocycles.